The van der Waals surface area contributed by atoms with E-state index in [1.807, 2.05) is 0 Å². The van der Waals surface area contributed by atoms with Gasteiger partial charge < -0.3 is 5.11 Å². The van der Waals surface area contributed by atoms with Gasteiger partial charge in [-0.1, -0.05) is 13.3 Å². The van der Waals surface area contributed by atoms with E-state index in [-0.39, 0.29) is 22.6 Å². The second kappa shape index (κ2) is 6.42. The van der Waals surface area contributed by atoms with Gasteiger partial charge in [0.2, 0.25) is 10.0 Å². The molecule has 1 N–H and O–H groups in total. The molecule has 1 aromatic carbocycles. The first kappa shape index (κ1) is 16.4. The summed E-state index contributed by atoms with van der Waals surface area (Å²) < 4.78 is 40.7. The molecule has 1 aromatic rings. The molecule has 1 saturated heterocycles. The van der Waals surface area contributed by atoms with Crippen LogP contribution in [0.2, 0.25) is 0 Å². The molecule has 0 aromatic heterocycles. The summed E-state index contributed by atoms with van der Waals surface area (Å²) in [4.78, 5) is -0.0244. The molecule has 0 aliphatic carbocycles. The van der Waals surface area contributed by atoms with Gasteiger partial charge in [-0.15, -0.1) is 0 Å². The Kier molecular flexibility index (Phi) is 5.01. The summed E-state index contributed by atoms with van der Waals surface area (Å²) in [6.07, 6.45) is 2.90. The fourth-order valence-corrected chi connectivity index (χ4v) is 4.68. The van der Waals surface area contributed by atoms with Crippen LogP contribution >= 0.6 is 0 Å². The summed E-state index contributed by atoms with van der Waals surface area (Å²) >= 11 is 0. The summed E-state index contributed by atoms with van der Waals surface area (Å²) in [5.74, 6) is -0.208. The van der Waals surface area contributed by atoms with Crippen LogP contribution in [0.5, 0.6) is 0 Å². The SMILES string of the molecule is CCCC1CCN(S(=O)(=O)c2cc(CO)cc(F)c2C)C1. The van der Waals surface area contributed by atoms with Crippen molar-refractivity contribution in [1.29, 1.82) is 0 Å². The molecule has 118 valence electrons. The van der Waals surface area contributed by atoms with E-state index in [0.29, 0.717) is 19.0 Å². The van der Waals surface area contributed by atoms with E-state index in [0.717, 1.165) is 19.3 Å². The molecular weight excluding hydrogens is 293 g/mol. The van der Waals surface area contributed by atoms with Crippen molar-refractivity contribution >= 4 is 10.0 Å². The molecule has 1 heterocycles. The minimum atomic E-state index is -3.69. The van der Waals surface area contributed by atoms with Gasteiger partial charge in [0.15, 0.2) is 0 Å². The van der Waals surface area contributed by atoms with Crippen LogP contribution in [-0.2, 0) is 16.6 Å². The van der Waals surface area contributed by atoms with Gasteiger partial charge in [-0.2, -0.15) is 4.31 Å². The quantitative estimate of drug-likeness (QED) is 0.908. The number of aliphatic hydroxyl groups excluding tert-OH is 1. The second-order valence-corrected chi connectivity index (χ2v) is 7.57. The Morgan fingerprint density at radius 1 is 1.43 bits per heavy atom. The Hall–Kier alpha value is -0.980. The molecule has 1 aliphatic rings. The van der Waals surface area contributed by atoms with E-state index in [2.05, 4.69) is 6.92 Å². The van der Waals surface area contributed by atoms with Crippen molar-refractivity contribution in [3.63, 3.8) is 0 Å². The van der Waals surface area contributed by atoms with Crippen molar-refractivity contribution in [2.75, 3.05) is 13.1 Å². The topological polar surface area (TPSA) is 57.6 Å². The normalized spacial score (nSPS) is 20.1. The van der Waals surface area contributed by atoms with Gasteiger partial charge in [-0.05, 0) is 43.4 Å². The Morgan fingerprint density at radius 3 is 2.76 bits per heavy atom. The van der Waals surface area contributed by atoms with Crippen LogP contribution in [0, 0.1) is 18.7 Å². The van der Waals surface area contributed by atoms with Crippen LogP contribution in [0.15, 0.2) is 17.0 Å². The maximum atomic E-state index is 13.8. The van der Waals surface area contributed by atoms with Gasteiger partial charge in [-0.3, -0.25) is 0 Å². The molecule has 1 unspecified atom stereocenters. The zero-order valence-electron chi connectivity index (χ0n) is 12.5. The van der Waals surface area contributed by atoms with Crippen LogP contribution in [0.25, 0.3) is 0 Å². The molecule has 0 radical (unpaired) electrons. The summed E-state index contributed by atoms with van der Waals surface area (Å²) in [5.41, 5.74) is 0.395. The van der Waals surface area contributed by atoms with E-state index in [1.165, 1.54) is 23.4 Å². The van der Waals surface area contributed by atoms with E-state index < -0.39 is 15.8 Å². The van der Waals surface area contributed by atoms with Crippen LogP contribution in [0.4, 0.5) is 4.39 Å². The molecule has 6 heteroatoms. The third-order valence-electron chi connectivity index (χ3n) is 4.10. The van der Waals surface area contributed by atoms with Crippen molar-refractivity contribution < 1.29 is 17.9 Å². The van der Waals surface area contributed by atoms with E-state index in [1.54, 1.807) is 0 Å². The maximum Gasteiger partial charge on any atom is 0.243 e. The molecule has 21 heavy (non-hydrogen) atoms. The molecule has 2 rings (SSSR count). The lowest BCUT2D eigenvalue weighted by Crippen LogP contribution is -2.29. The first-order chi connectivity index (χ1) is 9.90. The highest BCUT2D eigenvalue weighted by molar-refractivity contribution is 7.89. The lowest BCUT2D eigenvalue weighted by molar-refractivity contribution is 0.280. The number of nitrogens with zero attached hydrogens (tertiary/aromatic N) is 1. The van der Waals surface area contributed by atoms with Crippen LogP contribution < -0.4 is 0 Å². The number of benzene rings is 1. The number of halogens is 1. The maximum absolute atomic E-state index is 13.8. The Balaban J connectivity index is 2.34. The zero-order chi connectivity index (χ0) is 15.6. The third kappa shape index (κ3) is 3.27. The van der Waals surface area contributed by atoms with Gasteiger partial charge in [0.05, 0.1) is 11.5 Å². The third-order valence-corrected chi connectivity index (χ3v) is 6.09. The lowest BCUT2D eigenvalue weighted by atomic mass is 10.0. The number of aliphatic hydroxyl groups is 1. The van der Waals surface area contributed by atoms with Crippen LogP contribution in [0.3, 0.4) is 0 Å². The smallest absolute Gasteiger partial charge is 0.243 e. The Labute approximate surface area is 125 Å². The Morgan fingerprint density at radius 2 is 2.14 bits per heavy atom. The van der Waals surface area contributed by atoms with Crippen LogP contribution in [0.1, 0.15) is 37.3 Å². The highest BCUT2D eigenvalue weighted by atomic mass is 32.2. The van der Waals surface area contributed by atoms with Gasteiger partial charge in [0.25, 0.3) is 0 Å². The van der Waals surface area contributed by atoms with E-state index in [4.69, 9.17) is 5.11 Å². The van der Waals surface area contributed by atoms with Gasteiger partial charge in [-0.25, -0.2) is 12.8 Å². The van der Waals surface area contributed by atoms with Gasteiger partial charge in [0, 0.05) is 18.7 Å². The summed E-state index contributed by atoms with van der Waals surface area (Å²) in [6.45, 7) is 4.15. The molecule has 0 spiro atoms. The second-order valence-electron chi connectivity index (χ2n) is 5.67. The van der Waals surface area contributed by atoms with Crippen molar-refractivity contribution in [2.24, 2.45) is 5.92 Å². The number of hydrogen-bond acceptors (Lipinski definition) is 3. The Bertz CT molecular complexity index is 616. The minimum Gasteiger partial charge on any atom is -0.392 e. The summed E-state index contributed by atoms with van der Waals surface area (Å²) in [7, 11) is -3.69. The van der Waals surface area contributed by atoms with E-state index in [9.17, 15) is 12.8 Å². The van der Waals surface area contributed by atoms with Gasteiger partial charge in [0.1, 0.15) is 5.82 Å². The van der Waals surface area contributed by atoms with E-state index >= 15 is 0 Å². The highest BCUT2D eigenvalue weighted by Crippen LogP contribution is 2.29. The molecule has 0 amide bonds. The monoisotopic (exact) mass is 315 g/mol. The van der Waals surface area contributed by atoms with Crippen molar-refractivity contribution in [2.45, 2.75) is 44.6 Å². The predicted octanol–water partition coefficient (Wildman–Crippen LogP) is 2.44. The molecule has 1 atom stereocenters. The fourth-order valence-electron chi connectivity index (χ4n) is 2.86. The average Bonchev–Trinajstić information content (AvgIpc) is 2.91. The summed E-state index contributed by atoms with van der Waals surface area (Å²) in [6, 6.07) is 2.55. The van der Waals surface area contributed by atoms with Crippen molar-refractivity contribution in [1.82, 2.24) is 4.31 Å². The fraction of sp³-hybridized carbons (Fsp3) is 0.600. The molecule has 1 aliphatic heterocycles. The van der Waals surface area contributed by atoms with Gasteiger partial charge >= 0.3 is 0 Å². The van der Waals surface area contributed by atoms with Crippen molar-refractivity contribution in [3.05, 3.63) is 29.1 Å². The van der Waals surface area contributed by atoms with Crippen molar-refractivity contribution in [3.8, 4) is 0 Å². The minimum absolute atomic E-state index is 0.0244. The standard InChI is InChI=1S/C15H22FNO3S/c1-3-4-12-5-6-17(9-12)21(19,20)15-8-13(10-18)7-14(16)11(15)2/h7-8,12,18H,3-6,9-10H2,1-2H3. The number of hydrogen-bond donors (Lipinski definition) is 1. The molecule has 1 fully saturated rings. The highest BCUT2D eigenvalue weighted by Gasteiger charge is 2.33. The first-order valence-electron chi connectivity index (χ1n) is 7.30. The summed E-state index contributed by atoms with van der Waals surface area (Å²) in [5, 5.41) is 9.15. The average molecular weight is 315 g/mol. The lowest BCUT2D eigenvalue weighted by Gasteiger charge is -2.19. The molecule has 0 bridgehead atoms. The predicted molar refractivity (Wildman–Crippen MR) is 78.8 cm³/mol. The number of sulfonamides is 1. The zero-order valence-corrected chi connectivity index (χ0v) is 13.3. The number of rotatable bonds is 5. The largest absolute Gasteiger partial charge is 0.392 e. The van der Waals surface area contributed by atoms with Crippen LogP contribution in [-0.4, -0.2) is 30.9 Å². The first-order valence-corrected chi connectivity index (χ1v) is 8.74. The molecule has 0 saturated carbocycles. The molecule has 4 nitrogen and oxygen atoms in total. The molecular formula is C15H22FNO3S.